The van der Waals surface area contributed by atoms with Crippen molar-refractivity contribution in [3.8, 4) is 11.1 Å². The van der Waals surface area contributed by atoms with Gasteiger partial charge in [-0.15, -0.1) is 0 Å². The predicted octanol–water partition coefficient (Wildman–Crippen LogP) is 11.8. The third-order valence-corrected chi connectivity index (χ3v) is 9.74. The van der Waals surface area contributed by atoms with Gasteiger partial charge in [-0.3, -0.25) is 0 Å². The Morgan fingerprint density at radius 1 is 0.578 bits per heavy atom. The van der Waals surface area contributed by atoms with E-state index >= 15 is 0 Å². The van der Waals surface area contributed by atoms with E-state index in [9.17, 15) is 9.90 Å². The number of carboxylic acids is 1. The molecule has 0 saturated carbocycles. The largest absolute Gasteiger partial charge is 0.478 e. The summed E-state index contributed by atoms with van der Waals surface area (Å²) in [5.41, 5.74) is 8.92. The van der Waals surface area contributed by atoms with Gasteiger partial charge in [0, 0.05) is 22.5 Å². The average molecular weight is 590 g/mol. The van der Waals surface area contributed by atoms with Crippen molar-refractivity contribution >= 4 is 44.6 Å². The van der Waals surface area contributed by atoms with Crippen molar-refractivity contribution < 1.29 is 9.90 Å². The fraction of sp³-hybridized carbons (Fsp3) is 0.214. The molecule has 6 aromatic carbocycles. The number of hydrogen-bond donors (Lipinski definition) is 1. The fourth-order valence-corrected chi connectivity index (χ4v) is 7.47. The molecule has 0 heterocycles. The number of fused-ring (bicyclic) bond motifs is 5. The molecule has 1 aliphatic carbocycles. The lowest BCUT2D eigenvalue weighted by Crippen LogP contribution is -2.25. The highest BCUT2D eigenvalue weighted by Crippen LogP contribution is 2.55. The van der Waals surface area contributed by atoms with Gasteiger partial charge in [0.25, 0.3) is 0 Å². The van der Waals surface area contributed by atoms with Gasteiger partial charge in [-0.25, -0.2) is 4.79 Å². The van der Waals surface area contributed by atoms with Crippen LogP contribution < -0.4 is 4.90 Å². The topological polar surface area (TPSA) is 40.5 Å². The molecule has 7 rings (SSSR count). The van der Waals surface area contributed by atoms with Gasteiger partial charge in [0.1, 0.15) is 0 Å². The standard InChI is InChI=1S/C42H39NO2/c1-3-5-23-42(24-6-4-2)39-14-10-9-13-37(39)38-22-21-36(28-40(38)42)43(34-18-15-29(16-19-34)41(44)45)35-20-17-32-25-30-11-7-8-12-31(30)26-33(32)27-35/h7-22,25-28H,3-6,23-24H2,1-2H3,(H,44,45). The minimum Gasteiger partial charge on any atom is -0.478 e. The van der Waals surface area contributed by atoms with Gasteiger partial charge in [0.15, 0.2) is 0 Å². The first kappa shape index (κ1) is 28.9. The van der Waals surface area contributed by atoms with E-state index in [2.05, 4.69) is 116 Å². The summed E-state index contributed by atoms with van der Waals surface area (Å²) in [6, 6.07) is 42.9. The predicted molar refractivity (Wildman–Crippen MR) is 188 cm³/mol. The Bertz CT molecular complexity index is 2020. The highest BCUT2D eigenvalue weighted by Gasteiger charge is 2.42. The molecule has 0 spiro atoms. The molecule has 0 fully saturated rings. The third-order valence-electron chi connectivity index (χ3n) is 9.74. The summed E-state index contributed by atoms with van der Waals surface area (Å²) in [6.07, 6.45) is 6.96. The van der Waals surface area contributed by atoms with Crippen molar-refractivity contribution in [3.05, 3.63) is 138 Å². The molecule has 6 aromatic rings. The van der Waals surface area contributed by atoms with E-state index in [4.69, 9.17) is 0 Å². The number of nitrogens with zero attached hydrogens (tertiary/aromatic N) is 1. The van der Waals surface area contributed by atoms with Crippen LogP contribution in [0.5, 0.6) is 0 Å². The molecule has 1 aliphatic rings. The number of benzene rings is 6. The first-order valence-corrected chi connectivity index (χ1v) is 16.3. The van der Waals surface area contributed by atoms with E-state index in [0.29, 0.717) is 0 Å². The van der Waals surface area contributed by atoms with E-state index in [-0.39, 0.29) is 11.0 Å². The van der Waals surface area contributed by atoms with Gasteiger partial charge in [-0.05, 0) is 117 Å². The molecule has 0 saturated heterocycles. The molecule has 0 aliphatic heterocycles. The number of carboxylic acid groups (broad SMARTS) is 1. The van der Waals surface area contributed by atoms with E-state index in [1.54, 1.807) is 12.1 Å². The molecule has 3 nitrogen and oxygen atoms in total. The molecular formula is C42H39NO2. The summed E-state index contributed by atoms with van der Waals surface area (Å²) < 4.78 is 0. The summed E-state index contributed by atoms with van der Waals surface area (Å²) in [4.78, 5) is 14.0. The highest BCUT2D eigenvalue weighted by atomic mass is 16.4. The van der Waals surface area contributed by atoms with Gasteiger partial charge < -0.3 is 10.0 Å². The highest BCUT2D eigenvalue weighted by molar-refractivity contribution is 6.00. The normalized spacial score (nSPS) is 13.1. The maximum atomic E-state index is 11.7. The van der Waals surface area contributed by atoms with Crippen molar-refractivity contribution in [1.29, 1.82) is 0 Å². The first-order chi connectivity index (χ1) is 22.0. The molecular weight excluding hydrogens is 550 g/mol. The summed E-state index contributed by atoms with van der Waals surface area (Å²) in [5.74, 6) is -0.919. The van der Waals surface area contributed by atoms with Gasteiger partial charge >= 0.3 is 5.97 Å². The number of aromatic carboxylic acids is 1. The van der Waals surface area contributed by atoms with Crippen molar-refractivity contribution in [2.45, 2.75) is 57.8 Å². The lowest BCUT2D eigenvalue weighted by Gasteiger charge is -2.34. The number of carbonyl (C=O) groups is 1. The summed E-state index contributed by atoms with van der Waals surface area (Å²) in [7, 11) is 0. The molecule has 0 bridgehead atoms. The maximum absolute atomic E-state index is 11.7. The lowest BCUT2D eigenvalue weighted by molar-refractivity contribution is 0.0697. The van der Waals surface area contributed by atoms with Gasteiger partial charge in [0.05, 0.1) is 5.56 Å². The van der Waals surface area contributed by atoms with Crippen LogP contribution in [0.3, 0.4) is 0 Å². The monoisotopic (exact) mass is 589 g/mol. The van der Waals surface area contributed by atoms with Crippen LogP contribution in [0.15, 0.2) is 121 Å². The van der Waals surface area contributed by atoms with Crippen molar-refractivity contribution in [2.75, 3.05) is 4.90 Å². The van der Waals surface area contributed by atoms with E-state index in [0.717, 1.165) is 29.9 Å². The Labute approximate surface area is 265 Å². The SMILES string of the molecule is CCCCC1(CCCC)c2ccccc2-c2ccc(N(c3ccc(C(=O)O)cc3)c3ccc4cc5ccccc5cc4c3)cc21. The Morgan fingerprint density at radius 2 is 1.13 bits per heavy atom. The van der Waals surface area contributed by atoms with Crippen LogP contribution in [-0.4, -0.2) is 11.1 Å². The molecule has 0 aromatic heterocycles. The van der Waals surface area contributed by atoms with Crippen molar-refractivity contribution in [2.24, 2.45) is 0 Å². The Balaban J connectivity index is 1.43. The molecule has 45 heavy (non-hydrogen) atoms. The first-order valence-electron chi connectivity index (χ1n) is 16.3. The van der Waals surface area contributed by atoms with Gasteiger partial charge in [0.2, 0.25) is 0 Å². The Morgan fingerprint density at radius 3 is 1.82 bits per heavy atom. The number of unbranched alkanes of at least 4 members (excludes halogenated alkanes) is 2. The quantitative estimate of drug-likeness (QED) is 0.162. The Hall–Kier alpha value is -4.89. The van der Waals surface area contributed by atoms with Gasteiger partial charge in [-0.2, -0.15) is 0 Å². The van der Waals surface area contributed by atoms with Crippen molar-refractivity contribution in [1.82, 2.24) is 0 Å². The second-order valence-corrected chi connectivity index (χ2v) is 12.5. The molecule has 0 unspecified atom stereocenters. The minimum absolute atomic E-state index is 0.0188. The zero-order valence-electron chi connectivity index (χ0n) is 26.1. The van der Waals surface area contributed by atoms with E-state index < -0.39 is 5.97 Å². The summed E-state index contributed by atoms with van der Waals surface area (Å²) in [6.45, 7) is 4.58. The smallest absolute Gasteiger partial charge is 0.335 e. The Kier molecular flexibility index (Phi) is 7.63. The van der Waals surface area contributed by atoms with Crippen LogP contribution in [0.4, 0.5) is 17.1 Å². The molecule has 3 heteroatoms. The van der Waals surface area contributed by atoms with Crippen LogP contribution in [-0.2, 0) is 5.41 Å². The van der Waals surface area contributed by atoms with Crippen molar-refractivity contribution in [3.63, 3.8) is 0 Å². The zero-order chi connectivity index (χ0) is 31.0. The maximum Gasteiger partial charge on any atom is 0.335 e. The number of hydrogen-bond acceptors (Lipinski definition) is 2. The molecule has 0 radical (unpaired) electrons. The number of anilines is 3. The second-order valence-electron chi connectivity index (χ2n) is 12.5. The molecule has 0 amide bonds. The van der Waals surface area contributed by atoms with Gasteiger partial charge in [-0.1, -0.05) is 100 Å². The second kappa shape index (κ2) is 11.9. The van der Waals surface area contributed by atoms with Crippen LogP contribution >= 0.6 is 0 Å². The van der Waals surface area contributed by atoms with E-state index in [1.807, 2.05) is 12.1 Å². The lowest BCUT2D eigenvalue weighted by atomic mass is 9.71. The number of rotatable bonds is 10. The van der Waals surface area contributed by atoms with Crippen LogP contribution in [0.1, 0.15) is 73.9 Å². The average Bonchev–Trinajstić information content (AvgIpc) is 3.34. The fourth-order valence-electron chi connectivity index (χ4n) is 7.47. The molecule has 224 valence electrons. The molecule has 0 atom stereocenters. The van der Waals surface area contributed by atoms with Crippen LogP contribution in [0, 0.1) is 0 Å². The third kappa shape index (κ3) is 5.07. The zero-order valence-corrected chi connectivity index (χ0v) is 26.1. The van der Waals surface area contributed by atoms with E-state index in [1.165, 1.54) is 69.5 Å². The summed E-state index contributed by atoms with van der Waals surface area (Å²) in [5, 5.41) is 14.4. The van der Waals surface area contributed by atoms with Crippen LogP contribution in [0.25, 0.3) is 32.7 Å². The van der Waals surface area contributed by atoms with Crippen LogP contribution in [0.2, 0.25) is 0 Å². The minimum atomic E-state index is -0.919. The molecule has 1 N–H and O–H groups in total. The summed E-state index contributed by atoms with van der Waals surface area (Å²) >= 11 is 0.